The zero-order valence-electron chi connectivity index (χ0n) is 9.48. The molecule has 0 aliphatic heterocycles. The van der Waals surface area contributed by atoms with Crippen LogP contribution >= 0.6 is 22.9 Å². The van der Waals surface area contributed by atoms with Gasteiger partial charge in [-0.25, -0.2) is 9.97 Å². The zero-order chi connectivity index (χ0) is 12.5. The molecule has 0 aliphatic rings. The average Bonchev–Trinajstić information content (AvgIpc) is 2.97. The van der Waals surface area contributed by atoms with Gasteiger partial charge in [0, 0.05) is 17.1 Å². The van der Waals surface area contributed by atoms with E-state index < -0.39 is 0 Å². The molecule has 1 N–H and O–H groups in total. The molecule has 3 rings (SSSR count). The largest absolute Gasteiger partial charge is 0.458 e. The maximum absolute atomic E-state index is 5.90. The molecule has 18 heavy (non-hydrogen) atoms. The first kappa shape index (κ1) is 11.4. The van der Waals surface area contributed by atoms with Crippen molar-refractivity contribution in [3.8, 4) is 0 Å². The highest BCUT2D eigenvalue weighted by Gasteiger charge is 2.12. The molecule has 0 amide bonds. The second-order valence-electron chi connectivity index (χ2n) is 3.72. The van der Waals surface area contributed by atoms with Crippen LogP contribution in [0, 0.1) is 6.92 Å². The number of nitrogens with zero attached hydrogens (tertiary/aromatic N) is 3. The summed E-state index contributed by atoms with van der Waals surface area (Å²) in [5.41, 5.74) is 2.29. The van der Waals surface area contributed by atoms with Crippen LogP contribution in [0.4, 0.5) is 5.82 Å². The van der Waals surface area contributed by atoms with Crippen molar-refractivity contribution in [3.05, 3.63) is 33.7 Å². The van der Waals surface area contributed by atoms with Crippen LogP contribution in [0.15, 0.2) is 22.3 Å². The lowest BCUT2D eigenvalue weighted by atomic mass is 10.3. The van der Waals surface area contributed by atoms with Gasteiger partial charge in [-0.05, 0) is 18.5 Å². The normalized spacial score (nSPS) is 11.0. The van der Waals surface area contributed by atoms with Crippen molar-refractivity contribution in [3.63, 3.8) is 0 Å². The summed E-state index contributed by atoms with van der Waals surface area (Å²) in [5.74, 6) is 0.591. The highest BCUT2D eigenvalue weighted by molar-refractivity contribution is 7.09. The highest BCUT2D eigenvalue weighted by Crippen LogP contribution is 2.26. The van der Waals surface area contributed by atoms with Gasteiger partial charge in [0.05, 0.1) is 12.8 Å². The van der Waals surface area contributed by atoms with Gasteiger partial charge >= 0.3 is 0 Å². The molecule has 92 valence electrons. The SMILES string of the molecule is Cc1coc2c(NCc3nccs3)nc(Cl)nc12. The summed E-state index contributed by atoms with van der Waals surface area (Å²) in [6.45, 7) is 2.50. The molecule has 0 fully saturated rings. The van der Waals surface area contributed by atoms with Gasteiger partial charge in [0.2, 0.25) is 5.28 Å². The zero-order valence-corrected chi connectivity index (χ0v) is 11.0. The lowest BCUT2D eigenvalue weighted by molar-refractivity contribution is 0.612. The lowest BCUT2D eigenvalue weighted by Gasteiger charge is -2.04. The molecule has 0 spiro atoms. The fourth-order valence-corrected chi connectivity index (χ4v) is 2.35. The second-order valence-corrected chi connectivity index (χ2v) is 5.03. The molecule has 3 aromatic rings. The van der Waals surface area contributed by atoms with E-state index in [1.807, 2.05) is 12.3 Å². The van der Waals surface area contributed by atoms with Crippen LogP contribution in [-0.4, -0.2) is 15.0 Å². The number of hydrogen-bond donors (Lipinski definition) is 1. The number of thiazole rings is 1. The summed E-state index contributed by atoms with van der Waals surface area (Å²) in [6.07, 6.45) is 3.41. The molecule has 0 atom stereocenters. The van der Waals surface area contributed by atoms with Crippen LogP contribution < -0.4 is 5.32 Å². The van der Waals surface area contributed by atoms with E-state index in [1.54, 1.807) is 23.8 Å². The van der Waals surface area contributed by atoms with Crippen LogP contribution in [0.25, 0.3) is 11.1 Å². The van der Waals surface area contributed by atoms with E-state index in [4.69, 9.17) is 16.0 Å². The Balaban J connectivity index is 1.95. The Labute approximate surface area is 112 Å². The van der Waals surface area contributed by atoms with Crippen molar-refractivity contribution in [1.29, 1.82) is 0 Å². The van der Waals surface area contributed by atoms with Gasteiger partial charge < -0.3 is 9.73 Å². The number of halogens is 1. The van der Waals surface area contributed by atoms with E-state index in [0.29, 0.717) is 17.9 Å². The number of anilines is 1. The van der Waals surface area contributed by atoms with Gasteiger partial charge in [-0.1, -0.05) is 0 Å². The Morgan fingerprint density at radius 2 is 2.33 bits per heavy atom. The highest BCUT2D eigenvalue weighted by atomic mass is 35.5. The molecule has 3 aromatic heterocycles. The summed E-state index contributed by atoms with van der Waals surface area (Å²) >= 11 is 7.47. The number of nitrogens with one attached hydrogen (secondary N) is 1. The van der Waals surface area contributed by atoms with Gasteiger partial charge in [-0.15, -0.1) is 11.3 Å². The number of aromatic nitrogens is 3. The molecule has 0 aliphatic carbocycles. The average molecular weight is 281 g/mol. The van der Waals surface area contributed by atoms with Gasteiger partial charge in [0.25, 0.3) is 0 Å². The number of rotatable bonds is 3. The molecule has 0 bridgehead atoms. The first-order valence-corrected chi connectivity index (χ1v) is 6.53. The minimum atomic E-state index is 0.202. The predicted octanol–water partition coefficient (Wildman–Crippen LogP) is 3.25. The van der Waals surface area contributed by atoms with Crippen molar-refractivity contribution in [2.75, 3.05) is 5.32 Å². The first-order valence-electron chi connectivity index (χ1n) is 5.27. The Morgan fingerprint density at radius 3 is 3.11 bits per heavy atom. The van der Waals surface area contributed by atoms with Gasteiger partial charge in [0.1, 0.15) is 10.5 Å². The Hall–Kier alpha value is -1.66. The third-order valence-corrected chi connectivity index (χ3v) is 3.40. The van der Waals surface area contributed by atoms with Gasteiger partial charge in [-0.3, -0.25) is 0 Å². The molecular weight excluding hydrogens is 272 g/mol. The minimum Gasteiger partial charge on any atom is -0.458 e. The van der Waals surface area contributed by atoms with E-state index in [2.05, 4.69) is 20.3 Å². The minimum absolute atomic E-state index is 0.202. The lowest BCUT2D eigenvalue weighted by Crippen LogP contribution is -2.02. The number of aryl methyl sites for hydroxylation is 1. The molecule has 0 unspecified atom stereocenters. The molecular formula is C11H9ClN4OS. The van der Waals surface area contributed by atoms with Crippen molar-refractivity contribution in [1.82, 2.24) is 15.0 Å². The van der Waals surface area contributed by atoms with E-state index >= 15 is 0 Å². The van der Waals surface area contributed by atoms with Crippen molar-refractivity contribution >= 4 is 39.9 Å². The Bertz CT molecular complexity index is 680. The summed E-state index contributed by atoms with van der Waals surface area (Å²) in [6, 6.07) is 0. The van der Waals surface area contributed by atoms with Gasteiger partial charge in [-0.2, -0.15) is 4.98 Å². The van der Waals surface area contributed by atoms with Crippen LogP contribution in [0.3, 0.4) is 0 Å². The second kappa shape index (κ2) is 4.55. The van der Waals surface area contributed by atoms with E-state index in [-0.39, 0.29) is 5.28 Å². The maximum atomic E-state index is 5.90. The number of fused-ring (bicyclic) bond motifs is 1. The fraction of sp³-hybridized carbons (Fsp3) is 0.182. The fourth-order valence-electron chi connectivity index (χ4n) is 1.62. The molecule has 0 aromatic carbocycles. The molecule has 0 saturated carbocycles. The molecule has 0 saturated heterocycles. The van der Waals surface area contributed by atoms with Crippen molar-refractivity contribution < 1.29 is 4.42 Å². The third-order valence-electron chi connectivity index (χ3n) is 2.46. The summed E-state index contributed by atoms with van der Waals surface area (Å²) in [5, 5.41) is 6.27. The van der Waals surface area contributed by atoms with Crippen molar-refractivity contribution in [2.24, 2.45) is 0 Å². The molecule has 0 radical (unpaired) electrons. The monoisotopic (exact) mass is 280 g/mol. The topological polar surface area (TPSA) is 63.8 Å². The standard InChI is InChI=1S/C11H9ClN4OS/c1-6-5-17-9-8(6)15-11(12)16-10(9)14-4-7-13-2-3-18-7/h2-3,5H,4H2,1H3,(H,14,15,16). The first-order chi connectivity index (χ1) is 8.74. The van der Waals surface area contributed by atoms with Crippen LogP contribution in [0.5, 0.6) is 0 Å². The van der Waals surface area contributed by atoms with Crippen LogP contribution in [-0.2, 0) is 6.54 Å². The van der Waals surface area contributed by atoms with E-state index in [9.17, 15) is 0 Å². The summed E-state index contributed by atoms with van der Waals surface area (Å²) < 4.78 is 5.44. The predicted molar refractivity (Wildman–Crippen MR) is 71.0 cm³/mol. The van der Waals surface area contributed by atoms with E-state index in [0.717, 1.165) is 16.1 Å². The number of hydrogen-bond acceptors (Lipinski definition) is 6. The number of furan rings is 1. The summed E-state index contributed by atoms with van der Waals surface area (Å²) in [4.78, 5) is 12.5. The van der Waals surface area contributed by atoms with Crippen molar-refractivity contribution in [2.45, 2.75) is 13.5 Å². The Morgan fingerprint density at radius 1 is 1.44 bits per heavy atom. The van der Waals surface area contributed by atoms with Crippen LogP contribution in [0.1, 0.15) is 10.6 Å². The van der Waals surface area contributed by atoms with E-state index in [1.165, 1.54) is 0 Å². The summed E-state index contributed by atoms with van der Waals surface area (Å²) in [7, 11) is 0. The van der Waals surface area contributed by atoms with Crippen LogP contribution in [0.2, 0.25) is 5.28 Å². The molecule has 5 nitrogen and oxygen atoms in total. The molecule has 3 heterocycles. The smallest absolute Gasteiger partial charge is 0.225 e. The maximum Gasteiger partial charge on any atom is 0.225 e. The van der Waals surface area contributed by atoms with Gasteiger partial charge in [0.15, 0.2) is 11.4 Å². The third kappa shape index (κ3) is 2.04. The quantitative estimate of drug-likeness (QED) is 0.746. The molecule has 7 heteroatoms. The Kier molecular flexibility index (Phi) is 2.89.